The van der Waals surface area contributed by atoms with Gasteiger partial charge in [0, 0.05) is 32.2 Å². The number of hydrogen-bond donors (Lipinski definition) is 1. The molecule has 0 unspecified atom stereocenters. The number of methoxy groups -OCH3 is 1. The molecule has 1 aromatic rings. The smallest absolute Gasteiger partial charge is 0.396 e. The van der Waals surface area contributed by atoms with Crippen LogP contribution < -0.4 is 0 Å². The minimum Gasteiger partial charge on any atom is -0.396 e. The van der Waals surface area contributed by atoms with Gasteiger partial charge < -0.3 is 9.84 Å². The van der Waals surface area contributed by atoms with Crippen LogP contribution >= 0.6 is 0 Å². The molecular formula is C17H24F3NO2. The molecule has 1 atom stereocenters. The standard InChI is InChI=1S/C17H24F3NO2/c1-23-10-8-16(13-22)7-2-9-21(12-16)11-14-3-5-15(6-4-14)17(18,19)20/h3-6,22H,2,7-13H2,1H3/t16-/m0/s1. The minimum atomic E-state index is -4.30. The Hall–Kier alpha value is -1.11. The number of hydrogen-bond acceptors (Lipinski definition) is 3. The molecule has 0 amide bonds. The van der Waals surface area contributed by atoms with Crippen molar-refractivity contribution in [1.82, 2.24) is 4.90 Å². The normalized spacial score (nSPS) is 23.2. The minimum absolute atomic E-state index is 0.111. The molecule has 1 N–H and O–H groups in total. The average molecular weight is 331 g/mol. The Morgan fingerprint density at radius 1 is 1.26 bits per heavy atom. The third kappa shape index (κ3) is 4.93. The molecule has 1 saturated heterocycles. The fourth-order valence-corrected chi connectivity index (χ4v) is 3.23. The van der Waals surface area contributed by atoms with Crippen LogP contribution in [-0.4, -0.2) is 43.4 Å². The highest BCUT2D eigenvalue weighted by atomic mass is 19.4. The zero-order valence-electron chi connectivity index (χ0n) is 13.4. The third-order valence-electron chi connectivity index (χ3n) is 4.60. The van der Waals surface area contributed by atoms with Crippen LogP contribution in [0, 0.1) is 5.41 Å². The second-order valence-electron chi connectivity index (χ2n) is 6.41. The molecule has 0 aliphatic carbocycles. The van der Waals surface area contributed by atoms with Crippen LogP contribution in [0.1, 0.15) is 30.4 Å². The Bertz CT molecular complexity index is 490. The van der Waals surface area contributed by atoms with E-state index in [1.807, 2.05) is 0 Å². The Kier molecular flexibility index (Phi) is 6.06. The molecule has 1 aromatic carbocycles. The highest BCUT2D eigenvalue weighted by Gasteiger charge is 2.35. The Morgan fingerprint density at radius 3 is 2.52 bits per heavy atom. The lowest BCUT2D eigenvalue weighted by atomic mass is 9.78. The van der Waals surface area contributed by atoms with Gasteiger partial charge in [-0.3, -0.25) is 4.90 Å². The van der Waals surface area contributed by atoms with Gasteiger partial charge in [-0.15, -0.1) is 0 Å². The maximum atomic E-state index is 12.6. The number of ether oxygens (including phenoxy) is 1. The fourth-order valence-electron chi connectivity index (χ4n) is 3.23. The van der Waals surface area contributed by atoms with E-state index in [1.54, 1.807) is 7.11 Å². The van der Waals surface area contributed by atoms with E-state index in [1.165, 1.54) is 12.1 Å². The number of alkyl halides is 3. The summed E-state index contributed by atoms with van der Waals surface area (Å²) >= 11 is 0. The van der Waals surface area contributed by atoms with Crippen LogP contribution in [-0.2, 0) is 17.5 Å². The predicted molar refractivity (Wildman–Crippen MR) is 82.0 cm³/mol. The molecule has 1 aliphatic heterocycles. The van der Waals surface area contributed by atoms with E-state index < -0.39 is 11.7 Å². The van der Waals surface area contributed by atoms with Crippen LogP contribution in [0.4, 0.5) is 13.2 Å². The van der Waals surface area contributed by atoms with Gasteiger partial charge in [-0.05, 0) is 43.5 Å². The lowest BCUT2D eigenvalue weighted by molar-refractivity contribution is -0.137. The first-order chi connectivity index (χ1) is 10.9. The molecule has 23 heavy (non-hydrogen) atoms. The van der Waals surface area contributed by atoms with E-state index in [0.29, 0.717) is 13.2 Å². The van der Waals surface area contributed by atoms with Gasteiger partial charge in [0.1, 0.15) is 0 Å². The molecule has 2 rings (SSSR count). The number of benzene rings is 1. The van der Waals surface area contributed by atoms with Crippen molar-refractivity contribution in [3.8, 4) is 0 Å². The summed E-state index contributed by atoms with van der Waals surface area (Å²) in [5.41, 5.74) is 0.0726. The van der Waals surface area contributed by atoms with Gasteiger partial charge >= 0.3 is 6.18 Å². The molecule has 0 aromatic heterocycles. The topological polar surface area (TPSA) is 32.7 Å². The maximum absolute atomic E-state index is 12.6. The van der Waals surface area contributed by atoms with Crippen molar-refractivity contribution in [1.29, 1.82) is 0 Å². The predicted octanol–water partition coefficient (Wildman–Crippen LogP) is 3.32. The quantitative estimate of drug-likeness (QED) is 0.868. The molecule has 130 valence electrons. The highest BCUT2D eigenvalue weighted by molar-refractivity contribution is 5.24. The second-order valence-corrected chi connectivity index (χ2v) is 6.41. The number of nitrogens with zero attached hydrogens (tertiary/aromatic N) is 1. The van der Waals surface area contributed by atoms with E-state index in [-0.39, 0.29) is 12.0 Å². The molecule has 0 spiro atoms. The van der Waals surface area contributed by atoms with Crippen LogP contribution in [0.5, 0.6) is 0 Å². The summed E-state index contributed by atoms with van der Waals surface area (Å²) in [7, 11) is 1.65. The van der Waals surface area contributed by atoms with Gasteiger partial charge in [-0.1, -0.05) is 12.1 Å². The molecule has 1 aliphatic rings. The Morgan fingerprint density at radius 2 is 1.96 bits per heavy atom. The van der Waals surface area contributed by atoms with Crippen molar-refractivity contribution < 1.29 is 23.0 Å². The lowest BCUT2D eigenvalue weighted by Crippen LogP contribution is -2.45. The first-order valence-electron chi connectivity index (χ1n) is 7.87. The summed E-state index contributed by atoms with van der Waals surface area (Å²) in [5.74, 6) is 0. The van der Waals surface area contributed by atoms with Gasteiger partial charge in [0.05, 0.1) is 12.2 Å². The van der Waals surface area contributed by atoms with Gasteiger partial charge in [0.25, 0.3) is 0 Å². The molecule has 1 fully saturated rings. The van der Waals surface area contributed by atoms with Gasteiger partial charge in [-0.25, -0.2) is 0 Å². The number of aliphatic hydroxyl groups is 1. The van der Waals surface area contributed by atoms with Gasteiger partial charge in [-0.2, -0.15) is 13.2 Å². The zero-order valence-corrected chi connectivity index (χ0v) is 13.4. The van der Waals surface area contributed by atoms with Crippen LogP contribution in [0.25, 0.3) is 0 Å². The Balaban J connectivity index is 1.99. The highest BCUT2D eigenvalue weighted by Crippen LogP contribution is 2.34. The second kappa shape index (κ2) is 7.64. The summed E-state index contributed by atoms with van der Waals surface area (Å²) in [6, 6.07) is 5.33. The van der Waals surface area contributed by atoms with Crippen LogP contribution in [0.2, 0.25) is 0 Å². The van der Waals surface area contributed by atoms with Crippen molar-refractivity contribution in [3.63, 3.8) is 0 Å². The third-order valence-corrected chi connectivity index (χ3v) is 4.60. The van der Waals surface area contributed by atoms with E-state index in [2.05, 4.69) is 4.90 Å². The van der Waals surface area contributed by atoms with Crippen molar-refractivity contribution in [2.24, 2.45) is 5.41 Å². The maximum Gasteiger partial charge on any atom is 0.416 e. The molecule has 0 radical (unpaired) electrons. The van der Waals surface area contributed by atoms with Gasteiger partial charge in [0.15, 0.2) is 0 Å². The van der Waals surface area contributed by atoms with Crippen LogP contribution in [0.15, 0.2) is 24.3 Å². The molecule has 0 bridgehead atoms. The number of halogens is 3. The first kappa shape index (κ1) is 18.2. The summed E-state index contributed by atoms with van der Waals surface area (Å²) in [6.45, 7) is 2.96. The molecule has 1 heterocycles. The SMILES string of the molecule is COCC[C@@]1(CO)CCCN(Cc2ccc(C(F)(F)F)cc2)C1. The average Bonchev–Trinajstić information content (AvgIpc) is 2.53. The number of piperidine rings is 1. The summed E-state index contributed by atoms with van der Waals surface area (Å²) in [4.78, 5) is 2.21. The number of likely N-dealkylation sites (tertiary alicyclic amines) is 1. The fraction of sp³-hybridized carbons (Fsp3) is 0.647. The van der Waals surface area contributed by atoms with Gasteiger partial charge in [0.2, 0.25) is 0 Å². The largest absolute Gasteiger partial charge is 0.416 e. The van der Waals surface area contributed by atoms with E-state index in [4.69, 9.17) is 4.74 Å². The van der Waals surface area contributed by atoms with Crippen LogP contribution in [0.3, 0.4) is 0 Å². The lowest BCUT2D eigenvalue weighted by Gasteiger charge is -2.42. The summed E-state index contributed by atoms with van der Waals surface area (Å²) < 4.78 is 42.9. The first-order valence-corrected chi connectivity index (χ1v) is 7.87. The summed E-state index contributed by atoms with van der Waals surface area (Å²) in [6.07, 6.45) is -1.57. The summed E-state index contributed by atoms with van der Waals surface area (Å²) in [5, 5.41) is 9.77. The van der Waals surface area contributed by atoms with Crippen molar-refractivity contribution >= 4 is 0 Å². The molecule has 3 nitrogen and oxygen atoms in total. The Labute approximate surface area is 135 Å². The van der Waals surface area contributed by atoms with Crippen molar-refractivity contribution in [3.05, 3.63) is 35.4 Å². The number of rotatable bonds is 6. The molecule has 6 heteroatoms. The zero-order chi connectivity index (χ0) is 16.9. The number of aliphatic hydroxyl groups excluding tert-OH is 1. The van der Waals surface area contributed by atoms with E-state index in [0.717, 1.165) is 50.0 Å². The van der Waals surface area contributed by atoms with E-state index >= 15 is 0 Å². The van der Waals surface area contributed by atoms with Crippen molar-refractivity contribution in [2.45, 2.75) is 32.0 Å². The van der Waals surface area contributed by atoms with E-state index in [9.17, 15) is 18.3 Å². The monoisotopic (exact) mass is 331 g/mol. The van der Waals surface area contributed by atoms with Crippen molar-refractivity contribution in [2.75, 3.05) is 33.4 Å². The molecular weight excluding hydrogens is 307 g/mol. The molecule has 0 saturated carbocycles.